The quantitative estimate of drug-likeness (QED) is 0.490. The number of rotatable bonds is 4. The van der Waals surface area contributed by atoms with Crippen LogP contribution in [0, 0.1) is 11.3 Å². The standard InChI is InChI=1S/C18H12Cl2N2O3/c1-25-18(24)12-7-5-11(6-8-12)9-13(10-21)17(23)22-15-4-2-3-14(19)16(15)20/h2-9H,1H3,(H,22,23)/b13-9+. The van der Waals surface area contributed by atoms with Crippen molar-refractivity contribution in [3.63, 3.8) is 0 Å². The molecular formula is C18H12Cl2N2O3. The van der Waals surface area contributed by atoms with Crippen LogP contribution in [0.1, 0.15) is 15.9 Å². The molecule has 0 radical (unpaired) electrons. The Morgan fingerprint density at radius 1 is 1.16 bits per heavy atom. The Morgan fingerprint density at radius 3 is 2.44 bits per heavy atom. The SMILES string of the molecule is COC(=O)c1ccc(/C=C(\C#N)C(=O)Nc2cccc(Cl)c2Cl)cc1. The third kappa shape index (κ3) is 4.60. The summed E-state index contributed by atoms with van der Waals surface area (Å²) in [5.74, 6) is -1.09. The summed E-state index contributed by atoms with van der Waals surface area (Å²) in [7, 11) is 1.29. The van der Waals surface area contributed by atoms with Crippen LogP contribution in [0.15, 0.2) is 48.0 Å². The molecule has 0 saturated heterocycles. The number of methoxy groups -OCH3 is 1. The number of halogens is 2. The van der Waals surface area contributed by atoms with Gasteiger partial charge in [0.15, 0.2) is 0 Å². The first kappa shape index (κ1) is 18.5. The summed E-state index contributed by atoms with van der Waals surface area (Å²) in [5, 5.41) is 12.3. The molecule has 0 bridgehead atoms. The lowest BCUT2D eigenvalue weighted by molar-refractivity contribution is -0.112. The second-order valence-corrected chi connectivity index (χ2v) is 5.62. The van der Waals surface area contributed by atoms with Gasteiger partial charge in [0.1, 0.15) is 11.6 Å². The summed E-state index contributed by atoms with van der Waals surface area (Å²) in [6, 6.07) is 12.9. The van der Waals surface area contributed by atoms with Crippen LogP contribution < -0.4 is 5.32 Å². The van der Waals surface area contributed by atoms with Gasteiger partial charge in [0.05, 0.1) is 28.4 Å². The molecule has 5 nitrogen and oxygen atoms in total. The first-order chi connectivity index (χ1) is 12.0. The highest BCUT2D eigenvalue weighted by Gasteiger charge is 2.13. The number of amides is 1. The third-order valence-corrected chi connectivity index (χ3v) is 4.03. The first-order valence-corrected chi connectivity index (χ1v) is 7.77. The van der Waals surface area contributed by atoms with Crippen molar-refractivity contribution < 1.29 is 14.3 Å². The zero-order valence-corrected chi connectivity index (χ0v) is 14.6. The van der Waals surface area contributed by atoms with Gasteiger partial charge in [-0.25, -0.2) is 4.79 Å². The molecule has 2 rings (SSSR count). The molecule has 0 saturated carbocycles. The van der Waals surface area contributed by atoms with E-state index in [9.17, 15) is 14.9 Å². The number of esters is 1. The highest BCUT2D eigenvalue weighted by molar-refractivity contribution is 6.44. The van der Waals surface area contributed by atoms with E-state index in [2.05, 4.69) is 10.1 Å². The third-order valence-electron chi connectivity index (χ3n) is 3.21. The van der Waals surface area contributed by atoms with E-state index in [-0.39, 0.29) is 10.6 Å². The van der Waals surface area contributed by atoms with Crippen molar-refractivity contribution in [2.24, 2.45) is 0 Å². The molecule has 1 amide bonds. The molecule has 0 heterocycles. The van der Waals surface area contributed by atoms with Gasteiger partial charge >= 0.3 is 5.97 Å². The average molecular weight is 375 g/mol. The van der Waals surface area contributed by atoms with E-state index in [0.29, 0.717) is 21.8 Å². The topological polar surface area (TPSA) is 79.2 Å². The number of carbonyl (C=O) groups is 2. The molecule has 25 heavy (non-hydrogen) atoms. The Hall–Kier alpha value is -2.81. The first-order valence-electron chi connectivity index (χ1n) is 7.01. The van der Waals surface area contributed by atoms with E-state index < -0.39 is 11.9 Å². The van der Waals surface area contributed by atoms with Crippen LogP contribution in [0.5, 0.6) is 0 Å². The fourth-order valence-electron chi connectivity index (χ4n) is 1.94. The van der Waals surface area contributed by atoms with Gasteiger partial charge in [-0.3, -0.25) is 4.79 Å². The van der Waals surface area contributed by atoms with E-state index >= 15 is 0 Å². The smallest absolute Gasteiger partial charge is 0.337 e. The van der Waals surface area contributed by atoms with Crippen molar-refractivity contribution in [3.8, 4) is 6.07 Å². The molecule has 0 aromatic heterocycles. The normalized spacial score (nSPS) is 10.7. The Balaban J connectivity index is 2.22. The minimum absolute atomic E-state index is 0.123. The minimum atomic E-state index is -0.622. The molecule has 0 aliphatic rings. The lowest BCUT2D eigenvalue weighted by atomic mass is 10.1. The van der Waals surface area contributed by atoms with Gasteiger partial charge in [0.2, 0.25) is 0 Å². The number of ether oxygens (including phenoxy) is 1. The molecule has 0 atom stereocenters. The number of hydrogen-bond acceptors (Lipinski definition) is 4. The number of anilines is 1. The van der Waals surface area contributed by atoms with Crippen LogP contribution >= 0.6 is 23.2 Å². The molecule has 0 unspecified atom stereocenters. The molecule has 1 N–H and O–H groups in total. The largest absolute Gasteiger partial charge is 0.465 e. The van der Waals surface area contributed by atoms with Crippen LogP contribution in [0.2, 0.25) is 10.0 Å². The number of nitrogens with zero attached hydrogens (tertiary/aromatic N) is 1. The van der Waals surface area contributed by atoms with Crippen LogP contribution in [-0.2, 0) is 9.53 Å². The van der Waals surface area contributed by atoms with E-state index in [1.165, 1.54) is 13.2 Å². The predicted molar refractivity (Wildman–Crippen MR) is 96.5 cm³/mol. The van der Waals surface area contributed by atoms with Gasteiger partial charge in [-0.2, -0.15) is 5.26 Å². The molecule has 126 valence electrons. The second kappa shape index (κ2) is 8.34. The Kier molecular flexibility index (Phi) is 6.18. The Morgan fingerprint density at radius 2 is 1.84 bits per heavy atom. The van der Waals surface area contributed by atoms with Crippen molar-refractivity contribution in [2.75, 3.05) is 12.4 Å². The molecular weight excluding hydrogens is 363 g/mol. The molecule has 0 spiro atoms. The lowest BCUT2D eigenvalue weighted by Gasteiger charge is -2.07. The van der Waals surface area contributed by atoms with Gasteiger partial charge in [0, 0.05) is 0 Å². The Labute approximate surface area is 154 Å². The van der Waals surface area contributed by atoms with Gasteiger partial charge in [-0.1, -0.05) is 41.4 Å². The molecule has 7 heteroatoms. The molecule has 2 aromatic rings. The van der Waals surface area contributed by atoms with E-state index in [4.69, 9.17) is 23.2 Å². The lowest BCUT2D eigenvalue weighted by Crippen LogP contribution is -2.13. The number of hydrogen-bond donors (Lipinski definition) is 1. The maximum Gasteiger partial charge on any atom is 0.337 e. The van der Waals surface area contributed by atoms with Crippen molar-refractivity contribution in [3.05, 3.63) is 69.2 Å². The molecule has 2 aromatic carbocycles. The van der Waals surface area contributed by atoms with Crippen molar-refractivity contribution in [2.45, 2.75) is 0 Å². The Bertz CT molecular complexity index is 884. The number of benzene rings is 2. The summed E-state index contributed by atoms with van der Waals surface area (Å²) in [4.78, 5) is 23.7. The van der Waals surface area contributed by atoms with Crippen LogP contribution in [0.4, 0.5) is 5.69 Å². The molecule has 0 fully saturated rings. The fourth-order valence-corrected chi connectivity index (χ4v) is 2.29. The van der Waals surface area contributed by atoms with Gasteiger partial charge in [-0.05, 0) is 35.9 Å². The summed E-state index contributed by atoms with van der Waals surface area (Å²) in [5.41, 5.74) is 1.13. The second-order valence-electron chi connectivity index (χ2n) is 4.84. The van der Waals surface area contributed by atoms with E-state index in [1.54, 1.807) is 42.5 Å². The van der Waals surface area contributed by atoms with Gasteiger partial charge < -0.3 is 10.1 Å². The van der Waals surface area contributed by atoms with E-state index in [0.717, 1.165) is 0 Å². The van der Waals surface area contributed by atoms with Gasteiger partial charge in [-0.15, -0.1) is 0 Å². The molecule has 0 aliphatic heterocycles. The minimum Gasteiger partial charge on any atom is -0.465 e. The maximum absolute atomic E-state index is 12.3. The van der Waals surface area contributed by atoms with Crippen molar-refractivity contribution in [1.82, 2.24) is 0 Å². The summed E-state index contributed by atoms with van der Waals surface area (Å²) in [6.45, 7) is 0. The highest BCUT2D eigenvalue weighted by Crippen LogP contribution is 2.29. The van der Waals surface area contributed by atoms with Crippen LogP contribution in [0.25, 0.3) is 6.08 Å². The van der Waals surface area contributed by atoms with Crippen molar-refractivity contribution in [1.29, 1.82) is 5.26 Å². The summed E-state index contributed by atoms with van der Waals surface area (Å²) >= 11 is 11.9. The predicted octanol–water partition coefficient (Wildman–Crippen LogP) is 4.33. The van der Waals surface area contributed by atoms with Gasteiger partial charge in [0.25, 0.3) is 5.91 Å². The monoisotopic (exact) mass is 374 g/mol. The average Bonchev–Trinajstić information content (AvgIpc) is 2.63. The van der Waals surface area contributed by atoms with Crippen LogP contribution in [-0.4, -0.2) is 19.0 Å². The zero-order valence-electron chi connectivity index (χ0n) is 13.0. The maximum atomic E-state index is 12.3. The highest BCUT2D eigenvalue weighted by atomic mass is 35.5. The fraction of sp³-hybridized carbons (Fsp3) is 0.0556. The number of nitriles is 1. The summed E-state index contributed by atoms with van der Waals surface area (Å²) in [6.07, 6.45) is 1.40. The van der Waals surface area contributed by atoms with E-state index in [1.807, 2.05) is 6.07 Å². The molecule has 0 aliphatic carbocycles. The number of nitrogens with one attached hydrogen (secondary N) is 1. The van der Waals surface area contributed by atoms with Crippen molar-refractivity contribution >= 4 is 46.8 Å². The number of carbonyl (C=O) groups excluding carboxylic acids is 2. The summed E-state index contributed by atoms with van der Waals surface area (Å²) < 4.78 is 4.61. The van der Waals surface area contributed by atoms with Crippen LogP contribution in [0.3, 0.4) is 0 Å². The zero-order chi connectivity index (χ0) is 18.4.